The summed E-state index contributed by atoms with van der Waals surface area (Å²) in [6.07, 6.45) is 1.03. The third kappa shape index (κ3) is 7.60. The number of phenolic OH excluding ortho intramolecular Hbond substituents is 1. The molecule has 15 heteroatoms. The van der Waals surface area contributed by atoms with Gasteiger partial charge in [-0.2, -0.15) is 0 Å². The lowest BCUT2D eigenvalue weighted by molar-refractivity contribution is -0.371. The molecule has 2 aromatic carbocycles. The Labute approximate surface area is 323 Å². The lowest BCUT2D eigenvalue weighted by atomic mass is 9.83. The number of nitrogens with one attached hydrogen (secondary N) is 1. The highest BCUT2D eigenvalue weighted by molar-refractivity contribution is 5.96. The van der Waals surface area contributed by atoms with Gasteiger partial charge >= 0.3 is 0 Å². The summed E-state index contributed by atoms with van der Waals surface area (Å²) in [5, 5.41) is 66.3. The van der Waals surface area contributed by atoms with E-state index in [4.69, 9.17) is 18.9 Å². The van der Waals surface area contributed by atoms with Crippen LogP contribution >= 0.6 is 0 Å². The van der Waals surface area contributed by atoms with E-state index in [0.717, 1.165) is 17.7 Å². The molecule has 15 nitrogen and oxygen atoms in total. The normalized spacial score (nSPS) is 25.5. The monoisotopic (exact) mass is 775 g/mol. The summed E-state index contributed by atoms with van der Waals surface area (Å²) in [6, 6.07) is 8.87. The number of aryl methyl sites for hydroxylation is 1. The van der Waals surface area contributed by atoms with Crippen LogP contribution in [0.25, 0.3) is 11.0 Å². The van der Waals surface area contributed by atoms with Gasteiger partial charge in [0.15, 0.2) is 16.8 Å². The first kappa shape index (κ1) is 39.6. The molecular formula is C41H49N3O12. The van der Waals surface area contributed by atoms with Crippen LogP contribution in [0.3, 0.4) is 0 Å². The molecule has 4 aliphatic rings. The molecule has 1 fully saturated rings. The number of aromatic hydroxyl groups is 1. The second-order valence-corrected chi connectivity index (χ2v) is 15.6. The van der Waals surface area contributed by atoms with E-state index in [1.54, 1.807) is 19.2 Å². The van der Waals surface area contributed by atoms with Gasteiger partial charge in [-0.25, -0.2) is 9.78 Å². The average molecular weight is 776 g/mol. The second kappa shape index (κ2) is 15.7. The number of allylic oxidation sites excluding steroid dienone is 1. The minimum Gasteiger partial charge on any atom is -0.508 e. The molecule has 5 heterocycles. The van der Waals surface area contributed by atoms with Crippen molar-refractivity contribution in [3.05, 3.63) is 87.1 Å². The molecule has 0 spiro atoms. The van der Waals surface area contributed by atoms with Crippen molar-refractivity contribution in [2.24, 2.45) is 10.9 Å². The summed E-state index contributed by atoms with van der Waals surface area (Å²) in [5.41, 5.74) is 0.274. The maximum absolute atomic E-state index is 13.5. The number of rotatable bonds is 15. The molecule has 0 radical (unpaired) electrons. The number of carbonyl (C=O) groups is 1. The first-order chi connectivity index (χ1) is 26.7. The Bertz CT molecular complexity index is 2110. The standard InChI is InChI=1S/C41H49N3O12/c1-4-30-27-10-12-42-29(27)19-44(30)35-37-25(15-28-31(47)13-22(2)54-38(28)35)16-33(40(3,55-37)11-9-24-14-34(49)43-18-24)56-53-21-41(52,39(51)36(50)32(48)20-45)17-23-5-7-26(46)8-6-23/h5-8,10,12-13,15,19,24,30,32-33,36,39,45-46,48,50-52H,4,9,11,14,16-18,20-21H2,1-3H3,(H,43,49)/t24-,30?,32+,33+,36+,39-,40+,41-/m0/s1. The Hall–Kier alpha value is -4.61. The Kier molecular flexibility index (Phi) is 11.1. The molecule has 3 aromatic rings. The summed E-state index contributed by atoms with van der Waals surface area (Å²) in [4.78, 5) is 44.2. The van der Waals surface area contributed by atoms with Crippen molar-refractivity contribution in [3.63, 3.8) is 0 Å². The van der Waals surface area contributed by atoms with Crippen molar-refractivity contribution in [3.8, 4) is 11.5 Å². The van der Waals surface area contributed by atoms with Crippen LogP contribution in [0.15, 0.2) is 74.1 Å². The zero-order valence-corrected chi connectivity index (χ0v) is 31.6. The van der Waals surface area contributed by atoms with Crippen LogP contribution in [0.4, 0.5) is 5.69 Å². The van der Waals surface area contributed by atoms with E-state index in [-0.39, 0.29) is 41.9 Å². The first-order valence-corrected chi connectivity index (χ1v) is 19.0. The third-order valence-electron chi connectivity index (χ3n) is 11.4. The lowest BCUT2D eigenvalue weighted by Gasteiger charge is -2.44. The van der Waals surface area contributed by atoms with Gasteiger partial charge in [-0.1, -0.05) is 19.1 Å². The number of hydrogen-bond donors (Lipinski definition) is 7. The number of amides is 1. The molecule has 0 saturated carbocycles. The van der Waals surface area contributed by atoms with Crippen LogP contribution in [-0.4, -0.2) is 104 Å². The van der Waals surface area contributed by atoms with Crippen LogP contribution in [0.2, 0.25) is 0 Å². The number of benzene rings is 2. The molecule has 4 aliphatic heterocycles. The van der Waals surface area contributed by atoms with Crippen LogP contribution in [0, 0.1) is 12.8 Å². The maximum Gasteiger partial charge on any atom is 0.220 e. The first-order valence-electron chi connectivity index (χ1n) is 19.0. The zero-order chi connectivity index (χ0) is 39.9. The molecule has 7 N–H and O–H groups in total. The summed E-state index contributed by atoms with van der Waals surface area (Å²) in [5.74, 6) is 0.928. The quantitative estimate of drug-likeness (QED) is 0.0871. The van der Waals surface area contributed by atoms with Gasteiger partial charge in [-0.05, 0) is 68.9 Å². The van der Waals surface area contributed by atoms with E-state index in [1.165, 1.54) is 30.3 Å². The van der Waals surface area contributed by atoms with Crippen molar-refractivity contribution < 1.29 is 54.4 Å². The molecule has 1 amide bonds. The topological polar surface area (TPSA) is 224 Å². The Morgan fingerprint density at radius 3 is 2.61 bits per heavy atom. The number of carbonyl (C=O) groups excluding carboxylic acids is 1. The van der Waals surface area contributed by atoms with Crippen LogP contribution in [-0.2, 0) is 27.4 Å². The highest BCUT2D eigenvalue weighted by atomic mass is 17.2. The number of aliphatic hydroxyl groups is 5. The SMILES string of the molecule is CCC1C2=CC=NC2=CN1c1c2c(cc3c(=O)cc(C)oc13)C[C@@H](OOC[C@@](O)(Cc1ccc(O)cc1)[C@@H](O)[C@H](O)[C@H](O)CO)[C@@](C)(CC[C@@H]1CNC(=O)C1)O2. The van der Waals surface area contributed by atoms with Crippen LogP contribution in [0.5, 0.6) is 11.5 Å². The molecule has 56 heavy (non-hydrogen) atoms. The van der Waals surface area contributed by atoms with E-state index < -0.39 is 48.8 Å². The van der Waals surface area contributed by atoms with E-state index >= 15 is 0 Å². The van der Waals surface area contributed by atoms with Crippen LogP contribution < -0.4 is 20.4 Å². The van der Waals surface area contributed by atoms with Crippen molar-refractivity contribution in [1.82, 2.24) is 5.32 Å². The van der Waals surface area contributed by atoms with Gasteiger partial charge in [0.05, 0.1) is 23.7 Å². The lowest BCUT2D eigenvalue weighted by Crippen LogP contribution is -2.58. The number of anilines is 1. The Balaban J connectivity index is 1.25. The van der Waals surface area contributed by atoms with E-state index in [9.17, 15) is 40.2 Å². The minimum atomic E-state index is -2.26. The predicted octanol–water partition coefficient (Wildman–Crippen LogP) is 2.23. The zero-order valence-electron chi connectivity index (χ0n) is 31.6. The molecule has 7 rings (SSSR count). The van der Waals surface area contributed by atoms with Gasteiger partial charge in [0.2, 0.25) is 5.91 Å². The third-order valence-corrected chi connectivity index (χ3v) is 11.4. The van der Waals surface area contributed by atoms with Gasteiger partial charge in [0, 0.05) is 55.4 Å². The number of fused-ring (bicyclic) bond motifs is 3. The predicted molar refractivity (Wildman–Crippen MR) is 204 cm³/mol. The minimum absolute atomic E-state index is 0.0216. The summed E-state index contributed by atoms with van der Waals surface area (Å²) in [7, 11) is 0. The number of aliphatic imine (C=N–C) groups is 1. The van der Waals surface area contributed by atoms with E-state index in [2.05, 4.69) is 22.1 Å². The fourth-order valence-corrected chi connectivity index (χ4v) is 8.17. The van der Waals surface area contributed by atoms with Gasteiger partial charge in [-0.3, -0.25) is 14.6 Å². The maximum atomic E-state index is 13.5. The van der Waals surface area contributed by atoms with Crippen LogP contribution in [0.1, 0.15) is 56.4 Å². The van der Waals surface area contributed by atoms with Gasteiger partial charge in [0.25, 0.3) is 0 Å². The molecule has 1 unspecified atom stereocenters. The smallest absolute Gasteiger partial charge is 0.220 e. The molecule has 1 aromatic heterocycles. The summed E-state index contributed by atoms with van der Waals surface area (Å²) < 4.78 is 13.4. The molecule has 0 aliphatic carbocycles. The van der Waals surface area contributed by atoms with Gasteiger partial charge in [0.1, 0.15) is 59.4 Å². The fourth-order valence-electron chi connectivity index (χ4n) is 8.17. The van der Waals surface area contributed by atoms with Crippen molar-refractivity contribution >= 4 is 28.8 Å². The highest BCUT2D eigenvalue weighted by Gasteiger charge is 2.48. The van der Waals surface area contributed by atoms with Crippen molar-refractivity contribution in [2.75, 3.05) is 24.7 Å². The number of ether oxygens (including phenoxy) is 1. The number of phenols is 1. The fraction of sp³-hybridized carbons (Fsp3) is 0.488. The van der Waals surface area contributed by atoms with Gasteiger partial charge < -0.3 is 50.0 Å². The average Bonchev–Trinajstić information content (AvgIpc) is 3.90. The molecule has 300 valence electrons. The largest absolute Gasteiger partial charge is 0.508 e. The van der Waals surface area contributed by atoms with Crippen molar-refractivity contribution in [1.29, 1.82) is 0 Å². The summed E-state index contributed by atoms with van der Waals surface area (Å²) >= 11 is 0. The van der Waals surface area contributed by atoms with Crippen molar-refractivity contribution in [2.45, 2.75) is 101 Å². The second-order valence-electron chi connectivity index (χ2n) is 15.6. The Morgan fingerprint density at radius 2 is 1.91 bits per heavy atom. The molecule has 0 bridgehead atoms. The molecule has 8 atom stereocenters. The summed E-state index contributed by atoms with van der Waals surface area (Å²) in [6.45, 7) is 4.60. The van der Waals surface area contributed by atoms with E-state index in [0.29, 0.717) is 65.1 Å². The number of nitrogens with zero attached hydrogens (tertiary/aromatic N) is 2. The highest BCUT2D eigenvalue weighted by Crippen LogP contribution is 2.50. The number of aliphatic hydroxyl groups excluding tert-OH is 4. The number of hydrogen-bond acceptors (Lipinski definition) is 14. The molecular weight excluding hydrogens is 726 g/mol. The van der Waals surface area contributed by atoms with Gasteiger partial charge in [-0.15, -0.1) is 0 Å². The Morgan fingerprint density at radius 1 is 1.14 bits per heavy atom. The molecule has 1 saturated heterocycles. The van der Waals surface area contributed by atoms with E-state index in [1.807, 2.05) is 19.2 Å².